The molecule has 0 rings (SSSR count). The Morgan fingerprint density at radius 2 is 1.80 bits per heavy atom. The second kappa shape index (κ2) is 4.86. The van der Waals surface area contributed by atoms with Crippen LogP contribution in [0.4, 0.5) is 25.5 Å². The normalized spacial score (nSPS) is 14.9. The van der Waals surface area contributed by atoms with Gasteiger partial charge in [0.2, 0.25) is 0 Å². The van der Waals surface area contributed by atoms with Crippen LogP contribution in [-0.2, 0) is 9.53 Å². The number of hydrogen-bond acceptors (Lipinski definition) is 2. The molecule has 1 atom stereocenters. The van der Waals surface area contributed by atoms with Gasteiger partial charge in [-0.3, -0.25) is 4.79 Å². The Kier molecular flexibility index (Phi) is 4.62. The van der Waals surface area contributed by atoms with Crippen LogP contribution in [0.3, 0.4) is 0 Å². The second-order valence-electron chi connectivity index (χ2n) is 2.94. The lowest BCUT2D eigenvalue weighted by Crippen LogP contribution is -2.28. The molecule has 0 heterocycles. The van der Waals surface area contributed by atoms with Gasteiger partial charge >= 0.3 is 21.2 Å². The van der Waals surface area contributed by atoms with Gasteiger partial charge in [0.1, 0.15) is 0 Å². The van der Waals surface area contributed by atoms with Crippen LogP contribution in [0.5, 0.6) is 0 Å². The first-order valence-electron chi connectivity index (χ1n) is 3.81. The van der Waals surface area contributed by atoms with E-state index in [0.29, 0.717) is 0 Å². The van der Waals surface area contributed by atoms with Crippen LogP contribution in [0.25, 0.3) is 0 Å². The van der Waals surface area contributed by atoms with Crippen molar-refractivity contribution in [3.05, 3.63) is 0 Å². The number of halogens is 6. The Morgan fingerprint density at radius 1 is 1.33 bits per heavy atom. The Hall–Kier alpha value is -0.733. The van der Waals surface area contributed by atoms with Gasteiger partial charge in [0, 0.05) is 6.04 Å². The maximum absolute atomic E-state index is 11.8. The number of carbonyl (C=O) groups is 1. The average molecular weight is 254 g/mol. The molecule has 0 aromatic heterocycles. The number of esters is 1. The highest BCUT2D eigenvalue weighted by atomic mass is 28.5. The molecule has 0 aliphatic carbocycles. The summed E-state index contributed by atoms with van der Waals surface area (Å²) >= 11 is 0. The summed E-state index contributed by atoms with van der Waals surface area (Å²) in [7, 11) is -5.94. The molecule has 0 amide bonds. The summed E-state index contributed by atoms with van der Waals surface area (Å²) < 4.78 is 73.8. The molecule has 0 fully saturated rings. The lowest BCUT2D eigenvalue weighted by Gasteiger charge is -2.12. The summed E-state index contributed by atoms with van der Waals surface area (Å²) in [5.41, 5.74) is 0. The van der Waals surface area contributed by atoms with Crippen molar-refractivity contribution in [1.82, 2.24) is 0 Å². The van der Waals surface area contributed by atoms with Crippen LogP contribution >= 0.6 is 0 Å². The molecule has 0 N–H and O–H groups in total. The predicted octanol–water partition coefficient (Wildman–Crippen LogP) is 2.58. The maximum Gasteiger partial charge on any atom is 0.616 e. The summed E-state index contributed by atoms with van der Waals surface area (Å²) in [5, 5.41) is 0. The van der Waals surface area contributed by atoms with Crippen molar-refractivity contribution < 1.29 is 35.0 Å². The fourth-order valence-electron chi connectivity index (χ4n) is 0.726. The number of carbonyl (C=O) groups excluding carboxylic acids is 1. The Labute approximate surface area is 82.7 Å². The van der Waals surface area contributed by atoms with Crippen molar-refractivity contribution in [2.24, 2.45) is 5.92 Å². The molecule has 2 nitrogen and oxygen atoms in total. The quantitative estimate of drug-likeness (QED) is 0.333. The second-order valence-corrected chi connectivity index (χ2v) is 4.58. The Bertz CT molecular complexity index is 223. The highest BCUT2D eigenvalue weighted by Crippen LogP contribution is 2.22. The molecule has 0 aliphatic rings. The maximum atomic E-state index is 11.8. The smallest absolute Gasteiger partial charge is 0.456 e. The molecule has 0 aromatic rings. The van der Waals surface area contributed by atoms with Gasteiger partial charge < -0.3 is 4.74 Å². The number of hydrogen-bond donors (Lipinski definition) is 0. The van der Waals surface area contributed by atoms with Crippen molar-refractivity contribution >= 4 is 15.0 Å². The van der Waals surface area contributed by atoms with Gasteiger partial charge in [-0.1, -0.05) is 6.92 Å². The van der Waals surface area contributed by atoms with E-state index >= 15 is 0 Å². The van der Waals surface area contributed by atoms with Gasteiger partial charge in [-0.2, -0.15) is 13.2 Å². The minimum Gasteiger partial charge on any atom is -0.456 e. The van der Waals surface area contributed by atoms with Gasteiger partial charge in [0.25, 0.3) is 0 Å². The zero-order valence-electron chi connectivity index (χ0n) is 7.58. The van der Waals surface area contributed by atoms with Crippen molar-refractivity contribution in [3.8, 4) is 0 Å². The number of alkyl halides is 3. The number of ether oxygens (including phenoxy) is 1. The number of rotatable bonds is 4. The highest BCUT2D eigenvalue weighted by molar-refractivity contribution is 6.58. The van der Waals surface area contributed by atoms with E-state index in [9.17, 15) is 30.3 Å². The van der Waals surface area contributed by atoms with E-state index in [1.54, 1.807) is 0 Å². The van der Waals surface area contributed by atoms with Gasteiger partial charge in [0.05, 0.1) is 5.92 Å². The molecule has 15 heavy (non-hydrogen) atoms. The first kappa shape index (κ1) is 14.3. The largest absolute Gasteiger partial charge is 0.616 e. The SMILES string of the molecule is CC(C[Si](F)(F)F)C(=O)OCC(F)(F)F. The zero-order chi connectivity index (χ0) is 12.3. The molecule has 90 valence electrons. The van der Waals surface area contributed by atoms with Crippen LogP contribution < -0.4 is 0 Å². The predicted molar refractivity (Wildman–Crippen MR) is 40.1 cm³/mol. The monoisotopic (exact) mass is 254 g/mol. The lowest BCUT2D eigenvalue weighted by molar-refractivity contribution is -0.188. The van der Waals surface area contributed by atoms with E-state index in [2.05, 4.69) is 4.74 Å². The van der Waals surface area contributed by atoms with Crippen molar-refractivity contribution in [2.45, 2.75) is 19.1 Å². The third kappa shape index (κ3) is 8.27. The van der Waals surface area contributed by atoms with Gasteiger partial charge in [0.15, 0.2) is 6.61 Å². The topological polar surface area (TPSA) is 26.3 Å². The average Bonchev–Trinajstić information content (AvgIpc) is 1.95. The fraction of sp³-hybridized carbons (Fsp3) is 0.833. The van der Waals surface area contributed by atoms with Gasteiger partial charge in [-0.15, -0.1) is 0 Å². The molecule has 0 saturated heterocycles. The minimum absolute atomic E-state index is 0.888. The third-order valence-corrected chi connectivity index (χ3v) is 2.39. The van der Waals surface area contributed by atoms with Crippen molar-refractivity contribution in [1.29, 1.82) is 0 Å². The molecule has 0 bridgehead atoms. The Balaban J connectivity index is 4.01. The van der Waals surface area contributed by atoms with Crippen LogP contribution in [0.15, 0.2) is 0 Å². The standard InChI is InChI=1S/C6H8F6O2Si/c1-4(2-15(10,11)12)5(13)14-3-6(7,8)9/h4H,2-3H2,1H3. The van der Waals surface area contributed by atoms with Gasteiger partial charge in [-0.05, 0) is 0 Å². The van der Waals surface area contributed by atoms with E-state index in [0.717, 1.165) is 6.92 Å². The first-order chi connectivity index (χ1) is 6.51. The van der Waals surface area contributed by atoms with Crippen LogP contribution in [0.1, 0.15) is 6.92 Å². The molecule has 0 aliphatic heterocycles. The molecular formula is C6H8F6O2Si. The molecule has 0 saturated carbocycles. The first-order valence-corrected chi connectivity index (χ1v) is 5.65. The van der Waals surface area contributed by atoms with Gasteiger partial charge in [-0.25, -0.2) is 12.3 Å². The van der Waals surface area contributed by atoms with E-state index in [1.165, 1.54) is 0 Å². The van der Waals surface area contributed by atoms with Crippen LogP contribution in [-0.4, -0.2) is 27.8 Å². The van der Waals surface area contributed by atoms with E-state index in [1.807, 2.05) is 0 Å². The Morgan fingerprint density at radius 3 is 2.13 bits per heavy atom. The molecule has 9 heteroatoms. The summed E-state index contributed by atoms with van der Waals surface area (Å²) in [6, 6.07) is -1.36. The summed E-state index contributed by atoms with van der Waals surface area (Å²) in [6.45, 7) is -0.964. The minimum atomic E-state index is -5.94. The fourth-order valence-corrected chi connectivity index (χ4v) is 1.59. The van der Waals surface area contributed by atoms with Crippen molar-refractivity contribution in [2.75, 3.05) is 6.61 Å². The van der Waals surface area contributed by atoms with E-state index < -0.39 is 39.8 Å². The van der Waals surface area contributed by atoms with Crippen LogP contribution in [0.2, 0.25) is 6.04 Å². The van der Waals surface area contributed by atoms with Crippen LogP contribution in [0, 0.1) is 5.92 Å². The third-order valence-electron chi connectivity index (χ3n) is 1.32. The molecule has 0 aromatic carbocycles. The molecular weight excluding hydrogens is 246 g/mol. The zero-order valence-corrected chi connectivity index (χ0v) is 8.58. The molecule has 0 radical (unpaired) electrons. The highest BCUT2D eigenvalue weighted by Gasteiger charge is 2.41. The van der Waals surface area contributed by atoms with E-state index in [-0.39, 0.29) is 0 Å². The van der Waals surface area contributed by atoms with E-state index in [4.69, 9.17) is 0 Å². The summed E-state index contributed by atoms with van der Waals surface area (Å²) in [4.78, 5) is 10.7. The summed E-state index contributed by atoms with van der Waals surface area (Å²) in [6.07, 6.45) is -4.72. The molecule has 1 unspecified atom stereocenters. The lowest BCUT2D eigenvalue weighted by atomic mass is 10.2. The summed E-state index contributed by atoms with van der Waals surface area (Å²) in [5.74, 6) is -3.05. The van der Waals surface area contributed by atoms with Crippen molar-refractivity contribution in [3.63, 3.8) is 0 Å². The molecule has 0 spiro atoms.